The Morgan fingerprint density at radius 3 is 2.71 bits per heavy atom. The van der Waals surface area contributed by atoms with Crippen LogP contribution in [0, 0.1) is 12.8 Å². The molecule has 0 fully saturated rings. The molecule has 1 aromatic carbocycles. The second-order valence-corrected chi connectivity index (χ2v) is 6.94. The van der Waals surface area contributed by atoms with Gasteiger partial charge in [0.05, 0.1) is 17.2 Å². The topological polar surface area (TPSA) is 64.0 Å². The number of amides is 1. The van der Waals surface area contributed by atoms with Crippen LogP contribution in [-0.4, -0.2) is 21.5 Å². The molecule has 24 heavy (non-hydrogen) atoms. The van der Waals surface area contributed by atoms with Crippen LogP contribution in [-0.2, 0) is 11.3 Å². The first kappa shape index (κ1) is 18.2. The first-order valence-corrected chi connectivity index (χ1v) is 8.62. The zero-order valence-corrected chi connectivity index (χ0v) is 15.0. The van der Waals surface area contributed by atoms with Gasteiger partial charge in [-0.3, -0.25) is 14.2 Å². The number of nitrogens with zero attached hydrogens (tertiary/aromatic N) is 2. The minimum Gasteiger partial charge on any atom is -0.352 e. The Morgan fingerprint density at radius 1 is 1.25 bits per heavy atom. The largest absolute Gasteiger partial charge is 0.352 e. The molecule has 0 aliphatic carbocycles. The van der Waals surface area contributed by atoms with Crippen molar-refractivity contribution in [1.82, 2.24) is 14.9 Å². The van der Waals surface area contributed by atoms with Gasteiger partial charge in [0.25, 0.3) is 5.56 Å². The lowest BCUT2D eigenvalue weighted by atomic mass is 10.0. The lowest BCUT2D eigenvalue weighted by Crippen LogP contribution is -2.37. The predicted molar refractivity (Wildman–Crippen MR) is 97.0 cm³/mol. The molecule has 0 aliphatic heterocycles. The molecule has 5 heteroatoms. The molecule has 0 saturated carbocycles. The maximum absolute atomic E-state index is 12.5. The van der Waals surface area contributed by atoms with Gasteiger partial charge in [-0.25, -0.2) is 4.98 Å². The lowest BCUT2D eigenvalue weighted by molar-refractivity contribution is -0.122. The molecule has 0 aliphatic rings. The number of hydrogen-bond donors (Lipinski definition) is 1. The van der Waals surface area contributed by atoms with Gasteiger partial charge in [0.1, 0.15) is 6.54 Å². The summed E-state index contributed by atoms with van der Waals surface area (Å²) >= 11 is 0. The zero-order chi connectivity index (χ0) is 17.7. The van der Waals surface area contributed by atoms with Crippen molar-refractivity contribution < 1.29 is 4.79 Å². The SMILES string of the molecule is Cc1cccc2c(=O)n(CC(=O)NC(C)CCCC(C)C)cnc12. The Morgan fingerprint density at radius 2 is 2.00 bits per heavy atom. The van der Waals surface area contributed by atoms with Crippen molar-refractivity contribution in [2.24, 2.45) is 5.92 Å². The number of para-hydroxylation sites is 1. The van der Waals surface area contributed by atoms with Gasteiger partial charge in [0.15, 0.2) is 0 Å². The molecule has 1 heterocycles. The van der Waals surface area contributed by atoms with Gasteiger partial charge in [0, 0.05) is 6.04 Å². The van der Waals surface area contributed by atoms with E-state index in [9.17, 15) is 9.59 Å². The van der Waals surface area contributed by atoms with Gasteiger partial charge >= 0.3 is 0 Å². The molecule has 0 saturated heterocycles. The quantitative estimate of drug-likeness (QED) is 0.849. The third-order valence-electron chi connectivity index (χ3n) is 4.20. The molecule has 0 bridgehead atoms. The van der Waals surface area contributed by atoms with Crippen LogP contribution in [0.2, 0.25) is 0 Å². The molecule has 1 N–H and O–H groups in total. The van der Waals surface area contributed by atoms with E-state index in [4.69, 9.17) is 0 Å². The zero-order valence-electron chi connectivity index (χ0n) is 15.0. The van der Waals surface area contributed by atoms with Gasteiger partial charge in [-0.05, 0) is 37.8 Å². The van der Waals surface area contributed by atoms with Crippen LogP contribution >= 0.6 is 0 Å². The van der Waals surface area contributed by atoms with E-state index in [1.807, 2.05) is 26.0 Å². The van der Waals surface area contributed by atoms with Gasteiger partial charge in [-0.15, -0.1) is 0 Å². The summed E-state index contributed by atoms with van der Waals surface area (Å²) in [7, 11) is 0. The van der Waals surface area contributed by atoms with Crippen LogP contribution in [0.15, 0.2) is 29.3 Å². The smallest absolute Gasteiger partial charge is 0.261 e. The number of nitrogens with one attached hydrogen (secondary N) is 1. The number of rotatable bonds is 7. The molecule has 2 aromatic rings. The van der Waals surface area contributed by atoms with E-state index in [1.54, 1.807) is 6.07 Å². The number of benzene rings is 1. The van der Waals surface area contributed by atoms with Crippen molar-refractivity contribution in [3.8, 4) is 0 Å². The van der Waals surface area contributed by atoms with E-state index in [-0.39, 0.29) is 24.1 Å². The second kappa shape index (κ2) is 8.08. The van der Waals surface area contributed by atoms with Crippen LogP contribution in [0.3, 0.4) is 0 Å². The lowest BCUT2D eigenvalue weighted by Gasteiger charge is -2.15. The fraction of sp³-hybridized carbons (Fsp3) is 0.526. The number of hydrogen-bond acceptors (Lipinski definition) is 3. The first-order chi connectivity index (χ1) is 11.4. The summed E-state index contributed by atoms with van der Waals surface area (Å²) in [6, 6.07) is 5.62. The van der Waals surface area contributed by atoms with Crippen LogP contribution < -0.4 is 10.9 Å². The van der Waals surface area contributed by atoms with Crippen LogP contribution in [0.4, 0.5) is 0 Å². The van der Waals surface area contributed by atoms with Gasteiger partial charge in [0.2, 0.25) is 5.91 Å². The minimum absolute atomic E-state index is 0.00420. The van der Waals surface area contributed by atoms with Crippen molar-refractivity contribution in [1.29, 1.82) is 0 Å². The van der Waals surface area contributed by atoms with Crippen molar-refractivity contribution in [3.05, 3.63) is 40.4 Å². The van der Waals surface area contributed by atoms with Crippen LogP contribution in [0.25, 0.3) is 10.9 Å². The fourth-order valence-corrected chi connectivity index (χ4v) is 2.83. The summed E-state index contributed by atoms with van der Waals surface area (Å²) < 4.78 is 1.37. The fourth-order valence-electron chi connectivity index (χ4n) is 2.83. The molecule has 0 spiro atoms. The van der Waals surface area contributed by atoms with E-state index in [0.717, 1.165) is 24.8 Å². The Hall–Kier alpha value is -2.17. The molecule has 1 aromatic heterocycles. The van der Waals surface area contributed by atoms with E-state index in [2.05, 4.69) is 24.1 Å². The highest BCUT2D eigenvalue weighted by atomic mass is 16.2. The van der Waals surface area contributed by atoms with Gasteiger partial charge < -0.3 is 5.32 Å². The summed E-state index contributed by atoms with van der Waals surface area (Å²) in [6.45, 7) is 8.33. The Kier molecular flexibility index (Phi) is 6.12. The number of aromatic nitrogens is 2. The van der Waals surface area contributed by atoms with Crippen molar-refractivity contribution in [3.63, 3.8) is 0 Å². The number of carbonyl (C=O) groups excluding carboxylic acids is 1. The number of aryl methyl sites for hydroxylation is 1. The Bertz CT molecular complexity index is 765. The van der Waals surface area contributed by atoms with Crippen molar-refractivity contribution in [2.75, 3.05) is 0 Å². The van der Waals surface area contributed by atoms with Gasteiger partial charge in [-0.2, -0.15) is 0 Å². The highest BCUT2D eigenvalue weighted by Crippen LogP contribution is 2.11. The number of carbonyl (C=O) groups is 1. The molecule has 130 valence electrons. The summed E-state index contributed by atoms with van der Waals surface area (Å²) in [6.07, 6.45) is 4.66. The summed E-state index contributed by atoms with van der Waals surface area (Å²) in [4.78, 5) is 29.0. The van der Waals surface area contributed by atoms with E-state index >= 15 is 0 Å². The van der Waals surface area contributed by atoms with Crippen molar-refractivity contribution >= 4 is 16.8 Å². The Balaban J connectivity index is 2.00. The minimum atomic E-state index is -0.175. The van der Waals surface area contributed by atoms with E-state index in [1.165, 1.54) is 10.9 Å². The highest BCUT2D eigenvalue weighted by Gasteiger charge is 2.11. The molecule has 5 nitrogen and oxygen atoms in total. The number of fused-ring (bicyclic) bond motifs is 1. The summed E-state index contributed by atoms with van der Waals surface area (Å²) in [5.74, 6) is 0.529. The van der Waals surface area contributed by atoms with Crippen LogP contribution in [0.5, 0.6) is 0 Å². The highest BCUT2D eigenvalue weighted by molar-refractivity contribution is 5.81. The molecule has 1 unspecified atom stereocenters. The molecular formula is C19H27N3O2. The molecular weight excluding hydrogens is 302 g/mol. The average Bonchev–Trinajstić information content (AvgIpc) is 2.50. The second-order valence-electron chi connectivity index (χ2n) is 6.94. The average molecular weight is 329 g/mol. The monoisotopic (exact) mass is 329 g/mol. The maximum Gasteiger partial charge on any atom is 0.261 e. The predicted octanol–water partition coefficient (Wildman–Crippen LogP) is 3.04. The van der Waals surface area contributed by atoms with Crippen molar-refractivity contribution in [2.45, 2.75) is 59.5 Å². The molecule has 2 rings (SSSR count). The molecule has 0 radical (unpaired) electrons. The standard InChI is InChI=1S/C19H27N3O2/c1-13(2)7-5-9-15(4)21-17(23)11-22-12-20-18-14(3)8-6-10-16(18)19(22)24/h6,8,10,12-13,15H,5,7,9,11H2,1-4H3,(H,21,23). The van der Waals surface area contributed by atoms with Crippen LogP contribution in [0.1, 0.15) is 45.6 Å². The Labute approximate surface area is 143 Å². The normalized spacial score (nSPS) is 12.5. The van der Waals surface area contributed by atoms with Gasteiger partial charge in [-0.1, -0.05) is 38.8 Å². The van der Waals surface area contributed by atoms with E-state index < -0.39 is 0 Å². The molecule has 1 amide bonds. The third-order valence-corrected chi connectivity index (χ3v) is 4.20. The summed E-state index contributed by atoms with van der Waals surface area (Å²) in [5, 5.41) is 3.51. The molecule has 1 atom stereocenters. The maximum atomic E-state index is 12.5. The van der Waals surface area contributed by atoms with E-state index in [0.29, 0.717) is 16.8 Å². The summed E-state index contributed by atoms with van der Waals surface area (Å²) in [5.41, 5.74) is 1.48. The first-order valence-electron chi connectivity index (χ1n) is 8.62. The third kappa shape index (κ3) is 4.66.